The van der Waals surface area contributed by atoms with Gasteiger partial charge in [-0.2, -0.15) is 0 Å². The Kier molecular flexibility index (Phi) is 6.01. The summed E-state index contributed by atoms with van der Waals surface area (Å²) in [5.74, 6) is 0.0379. The fraction of sp³-hybridized carbons (Fsp3) is 0.364. The summed E-state index contributed by atoms with van der Waals surface area (Å²) in [6, 6.07) is 5.07. The molecule has 0 spiro atoms. The molecule has 84 valence electrons. The molecule has 1 rings (SSSR count). The fourth-order valence-electron chi connectivity index (χ4n) is 1.42. The van der Waals surface area contributed by atoms with Crippen molar-refractivity contribution in [3.63, 3.8) is 0 Å². The van der Waals surface area contributed by atoms with Crippen molar-refractivity contribution >= 4 is 29.0 Å². The predicted molar refractivity (Wildman–Crippen MR) is 67.4 cm³/mol. The van der Waals surface area contributed by atoms with Crippen LogP contribution in [0.5, 0.6) is 5.75 Å². The highest BCUT2D eigenvalue weighted by atomic mass is 79.9. The molecule has 0 aliphatic carbocycles. The maximum Gasteiger partial charge on any atom is 0.153 e. The van der Waals surface area contributed by atoms with Gasteiger partial charge in [-0.3, -0.25) is 4.79 Å². The van der Waals surface area contributed by atoms with Gasteiger partial charge < -0.3 is 10.0 Å². The smallest absolute Gasteiger partial charge is 0.153 e. The molecule has 1 N–H and O–H groups in total. The molecular weight excluding hydrogens is 258 g/mol. The molecule has 0 atom stereocenters. The van der Waals surface area contributed by atoms with Crippen LogP contribution in [0.1, 0.15) is 24.2 Å². The van der Waals surface area contributed by atoms with Gasteiger partial charge in [0.15, 0.2) is 6.29 Å². The van der Waals surface area contributed by atoms with Gasteiger partial charge in [0.05, 0.1) is 5.56 Å². The third-order valence-corrected chi connectivity index (χ3v) is 2.27. The average Bonchev–Trinajstić information content (AvgIpc) is 2.22. The molecule has 0 radical (unpaired) electrons. The molecular formula is C11H16BrNO2. The molecule has 0 bridgehead atoms. The number of halogens is 1. The molecule has 0 aliphatic rings. The molecule has 0 fully saturated rings. The Morgan fingerprint density at radius 1 is 1.33 bits per heavy atom. The van der Waals surface area contributed by atoms with Crippen LogP contribution in [-0.2, 0) is 0 Å². The lowest BCUT2D eigenvalue weighted by Crippen LogP contribution is -2.21. The first-order valence-electron chi connectivity index (χ1n) is 4.76. The van der Waals surface area contributed by atoms with E-state index in [2.05, 4.69) is 18.7 Å². The summed E-state index contributed by atoms with van der Waals surface area (Å²) in [6.07, 6.45) is 0.669. The van der Waals surface area contributed by atoms with Crippen LogP contribution in [-0.4, -0.2) is 24.5 Å². The van der Waals surface area contributed by atoms with E-state index in [9.17, 15) is 9.90 Å². The molecule has 0 aromatic heterocycles. The van der Waals surface area contributed by atoms with Crippen molar-refractivity contribution < 1.29 is 9.90 Å². The molecule has 0 unspecified atom stereocenters. The van der Waals surface area contributed by atoms with E-state index in [1.807, 2.05) is 6.07 Å². The van der Waals surface area contributed by atoms with E-state index in [4.69, 9.17) is 0 Å². The van der Waals surface area contributed by atoms with Crippen molar-refractivity contribution in [2.75, 3.05) is 18.0 Å². The van der Waals surface area contributed by atoms with Crippen molar-refractivity contribution in [1.82, 2.24) is 0 Å². The highest BCUT2D eigenvalue weighted by molar-refractivity contribution is 8.93. The van der Waals surface area contributed by atoms with Crippen LogP contribution in [0, 0.1) is 0 Å². The van der Waals surface area contributed by atoms with Gasteiger partial charge in [-0.25, -0.2) is 0 Å². The van der Waals surface area contributed by atoms with E-state index >= 15 is 0 Å². The van der Waals surface area contributed by atoms with Crippen molar-refractivity contribution in [2.45, 2.75) is 13.8 Å². The van der Waals surface area contributed by atoms with Gasteiger partial charge in [0.25, 0.3) is 0 Å². The average molecular weight is 274 g/mol. The Hall–Kier alpha value is -1.03. The van der Waals surface area contributed by atoms with Crippen molar-refractivity contribution in [1.29, 1.82) is 0 Å². The molecule has 4 heteroatoms. The summed E-state index contributed by atoms with van der Waals surface area (Å²) < 4.78 is 0. The van der Waals surface area contributed by atoms with Crippen molar-refractivity contribution in [3.05, 3.63) is 23.8 Å². The molecule has 0 aliphatic heterocycles. The number of aldehydes is 1. The summed E-state index contributed by atoms with van der Waals surface area (Å²) in [6.45, 7) is 5.88. The SMILES string of the molecule is Br.CCN(CC)c1ccc(O)c(C=O)c1. The Labute approximate surface area is 100 Å². The number of rotatable bonds is 4. The summed E-state index contributed by atoms with van der Waals surface area (Å²) >= 11 is 0. The Bertz CT molecular complexity index is 324. The minimum atomic E-state index is 0. The number of anilines is 1. The maximum absolute atomic E-state index is 10.6. The number of hydrogen-bond donors (Lipinski definition) is 1. The molecule has 15 heavy (non-hydrogen) atoms. The molecule has 1 aromatic rings. The normalized spacial score (nSPS) is 9.20. The number of nitrogens with zero attached hydrogens (tertiary/aromatic N) is 1. The van der Waals surface area contributed by atoms with Gasteiger partial charge in [0, 0.05) is 18.8 Å². The van der Waals surface area contributed by atoms with Crippen LogP contribution in [0.15, 0.2) is 18.2 Å². The third kappa shape index (κ3) is 3.23. The fourth-order valence-corrected chi connectivity index (χ4v) is 1.42. The van der Waals surface area contributed by atoms with E-state index in [0.29, 0.717) is 11.8 Å². The second-order valence-electron chi connectivity index (χ2n) is 3.03. The topological polar surface area (TPSA) is 40.5 Å². The number of hydrogen-bond acceptors (Lipinski definition) is 3. The van der Waals surface area contributed by atoms with Gasteiger partial charge in [-0.1, -0.05) is 0 Å². The minimum Gasteiger partial charge on any atom is -0.507 e. The lowest BCUT2D eigenvalue weighted by molar-refractivity contribution is 0.112. The number of carbonyl (C=O) groups excluding carboxylic acids is 1. The molecule has 0 saturated carbocycles. The van der Waals surface area contributed by atoms with Gasteiger partial charge in [-0.15, -0.1) is 17.0 Å². The van der Waals surface area contributed by atoms with Gasteiger partial charge >= 0.3 is 0 Å². The van der Waals surface area contributed by atoms with Crippen molar-refractivity contribution in [2.24, 2.45) is 0 Å². The van der Waals surface area contributed by atoms with Crippen LogP contribution in [0.25, 0.3) is 0 Å². The predicted octanol–water partition coefficient (Wildman–Crippen LogP) is 2.63. The third-order valence-electron chi connectivity index (χ3n) is 2.27. The van der Waals surface area contributed by atoms with Gasteiger partial charge in [0.2, 0.25) is 0 Å². The zero-order valence-electron chi connectivity index (χ0n) is 8.93. The zero-order chi connectivity index (χ0) is 10.6. The molecule has 0 heterocycles. The second kappa shape index (κ2) is 6.45. The highest BCUT2D eigenvalue weighted by Crippen LogP contribution is 2.22. The second-order valence-corrected chi connectivity index (χ2v) is 3.03. The van der Waals surface area contributed by atoms with Gasteiger partial charge in [0.1, 0.15) is 5.75 Å². The van der Waals surface area contributed by atoms with Crippen LogP contribution >= 0.6 is 17.0 Å². The number of benzene rings is 1. The van der Waals surface area contributed by atoms with E-state index in [-0.39, 0.29) is 22.7 Å². The Morgan fingerprint density at radius 2 is 1.93 bits per heavy atom. The van der Waals surface area contributed by atoms with Crippen LogP contribution < -0.4 is 4.90 Å². The van der Waals surface area contributed by atoms with Crippen LogP contribution in [0.2, 0.25) is 0 Å². The highest BCUT2D eigenvalue weighted by Gasteiger charge is 2.05. The first-order valence-corrected chi connectivity index (χ1v) is 4.76. The number of phenols is 1. The minimum absolute atomic E-state index is 0. The van der Waals surface area contributed by atoms with Crippen LogP contribution in [0.3, 0.4) is 0 Å². The molecule has 0 amide bonds. The molecule has 3 nitrogen and oxygen atoms in total. The Balaban J connectivity index is 0.00000196. The lowest BCUT2D eigenvalue weighted by Gasteiger charge is -2.21. The van der Waals surface area contributed by atoms with E-state index < -0.39 is 0 Å². The molecule has 1 aromatic carbocycles. The summed E-state index contributed by atoms with van der Waals surface area (Å²) in [4.78, 5) is 12.7. The zero-order valence-corrected chi connectivity index (χ0v) is 10.6. The quantitative estimate of drug-likeness (QED) is 0.858. The maximum atomic E-state index is 10.6. The summed E-state index contributed by atoms with van der Waals surface area (Å²) in [5.41, 5.74) is 1.31. The van der Waals surface area contributed by atoms with E-state index in [1.54, 1.807) is 12.1 Å². The standard InChI is InChI=1S/C11H15NO2.BrH/c1-3-12(4-2)10-5-6-11(14)9(7-10)8-13;/h5-8,14H,3-4H2,1-2H3;1H. The first kappa shape index (κ1) is 14.0. The largest absolute Gasteiger partial charge is 0.507 e. The Morgan fingerprint density at radius 3 is 2.40 bits per heavy atom. The number of carbonyl (C=O) groups is 1. The lowest BCUT2D eigenvalue weighted by atomic mass is 10.2. The summed E-state index contributed by atoms with van der Waals surface area (Å²) in [5, 5.41) is 9.31. The first-order chi connectivity index (χ1) is 6.72. The molecule has 0 saturated heterocycles. The van der Waals surface area contributed by atoms with Crippen molar-refractivity contribution in [3.8, 4) is 5.75 Å². The monoisotopic (exact) mass is 273 g/mol. The van der Waals surface area contributed by atoms with E-state index in [1.165, 1.54) is 0 Å². The summed E-state index contributed by atoms with van der Waals surface area (Å²) in [7, 11) is 0. The van der Waals surface area contributed by atoms with Gasteiger partial charge in [-0.05, 0) is 32.0 Å². The number of phenolic OH excluding ortho intramolecular Hbond substituents is 1. The number of aromatic hydroxyl groups is 1. The van der Waals surface area contributed by atoms with Crippen LogP contribution in [0.4, 0.5) is 5.69 Å². The van der Waals surface area contributed by atoms with E-state index in [0.717, 1.165) is 18.8 Å².